The summed E-state index contributed by atoms with van der Waals surface area (Å²) in [5.41, 5.74) is 0. The largest absolute Gasteiger partial charge is 0.284 e. The van der Waals surface area contributed by atoms with E-state index >= 15 is 0 Å². The van der Waals surface area contributed by atoms with Crippen molar-refractivity contribution in [3.8, 4) is 0 Å². The number of halogens is 2. The first-order valence-electron chi connectivity index (χ1n) is 5.61. The van der Waals surface area contributed by atoms with Crippen LogP contribution in [0.2, 0.25) is 10.0 Å². The van der Waals surface area contributed by atoms with Crippen LogP contribution in [0.5, 0.6) is 0 Å². The minimum atomic E-state index is -3.70. The van der Waals surface area contributed by atoms with Crippen LogP contribution in [-0.4, -0.2) is 14.5 Å². The lowest BCUT2D eigenvalue weighted by atomic mass is 10.3. The molecule has 0 spiro atoms. The van der Waals surface area contributed by atoms with Crippen LogP contribution in [0.15, 0.2) is 23.1 Å². The molecule has 0 aliphatic heterocycles. The van der Waals surface area contributed by atoms with E-state index in [0.29, 0.717) is 5.02 Å². The normalized spacial score (nSPS) is 17.2. The van der Waals surface area contributed by atoms with Crippen LogP contribution in [0.3, 0.4) is 0 Å². The van der Waals surface area contributed by atoms with Crippen LogP contribution < -0.4 is 4.89 Å². The molecule has 0 aromatic heterocycles. The molecule has 0 radical (unpaired) electrons. The van der Waals surface area contributed by atoms with Crippen molar-refractivity contribution in [2.75, 3.05) is 0 Å². The molecule has 1 aliphatic carbocycles. The third kappa shape index (κ3) is 3.36. The van der Waals surface area contributed by atoms with E-state index in [-0.39, 0.29) is 16.0 Å². The van der Waals surface area contributed by atoms with Gasteiger partial charge in [0, 0.05) is 0 Å². The van der Waals surface area contributed by atoms with E-state index in [1.54, 1.807) is 0 Å². The van der Waals surface area contributed by atoms with Crippen LogP contribution in [0, 0.1) is 0 Å². The maximum Gasteiger partial charge on any atom is 0.262 e. The molecule has 1 N–H and O–H groups in total. The van der Waals surface area contributed by atoms with Crippen molar-refractivity contribution >= 4 is 33.2 Å². The van der Waals surface area contributed by atoms with Gasteiger partial charge in [-0.2, -0.15) is 0 Å². The summed E-state index contributed by atoms with van der Waals surface area (Å²) in [5, 5.41) is 0.507. The van der Waals surface area contributed by atoms with E-state index in [1.807, 2.05) is 0 Å². The summed E-state index contributed by atoms with van der Waals surface area (Å²) in [6.45, 7) is 0. The molecular weight excluding hydrogens is 297 g/mol. The van der Waals surface area contributed by atoms with Crippen molar-refractivity contribution in [2.24, 2.45) is 0 Å². The zero-order valence-electron chi connectivity index (χ0n) is 9.53. The SMILES string of the molecule is O=S(=O)(NOC1CCCC1)c1ccc(Cl)c(Cl)c1. The summed E-state index contributed by atoms with van der Waals surface area (Å²) < 4.78 is 23.8. The van der Waals surface area contributed by atoms with Crippen molar-refractivity contribution in [3.05, 3.63) is 28.2 Å². The van der Waals surface area contributed by atoms with E-state index in [1.165, 1.54) is 18.2 Å². The highest BCUT2D eigenvalue weighted by molar-refractivity contribution is 7.89. The van der Waals surface area contributed by atoms with Gasteiger partial charge in [-0.3, -0.25) is 4.84 Å². The molecule has 1 saturated carbocycles. The Kier molecular flexibility index (Phi) is 4.50. The Hall–Kier alpha value is -0.330. The molecule has 1 aliphatic rings. The van der Waals surface area contributed by atoms with Gasteiger partial charge < -0.3 is 0 Å². The monoisotopic (exact) mass is 309 g/mol. The summed E-state index contributed by atoms with van der Waals surface area (Å²) in [5.74, 6) is 0. The van der Waals surface area contributed by atoms with Gasteiger partial charge >= 0.3 is 0 Å². The third-order valence-corrected chi connectivity index (χ3v) is 4.76. The molecule has 7 heteroatoms. The molecule has 18 heavy (non-hydrogen) atoms. The standard InChI is InChI=1S/C11H13Cl2NO3S/c12-10-6-5-9(7-11(10)13)18(15,16)14-17-8-3-1-2-4-8/h5-8,14H,1-4H2. The number of nitrogens with one attached hydrogen (secondary N) is 1. The van der Waals surface area contributed by atoms with Gasteiger partial charge in [-0.25, -0.2) is 8.42 Å². The summed E-state index contributed by atoms with van der Waals surface area (Å²) in [6.07, 6.45) is 3.86. The van der Waals surface area contributed by atoms with Crippen molar-refractivity contribution in [2.45, 2.75) is 36.7 Å². The quantitative estimate of drug-likeness (QED) is 0.869. The van der Waals surface area contributed by atoms with E-state index < -0.39 is 10.0 Å². The summed E-state index contributed by atoms with van der Waals surface area (Å²) in [4.78, 5) is 7.35. The van der Waals surface area contributed by atoms with E-state index in [4.69, 9.17) is 28.0 Å². The molecule has 1 aromatic rings. The average molecular weight is 310 g/mol. The smallest absolute Gasteiger partial charge is 0.262 e. The Morgan fingerprint density at radius 3 is 2.44 bits per heavy atom. The third-order valence-electron chi connectivity index (χ3n) is 2.83. The van der Waals surface area contributed by atoms with Crippen molar-refractivity contribution in [1.29, 1.82) is 0 Å². The molecule has 0 bridgehead atoms. The molecule has 4 nitrogen and oxygen atoms in total. The zero-order valence-corrected chi connectivity index (χ0v) is 11.9. The highest BCUT2D eigenvalue weighted by Crippen LogP contribution is 2.25. The van der Waals surface area contributed by atoms with Crippen molar-refractivity contribution < 1.29 is 13.3 Å². The number of hydrogen-bond donors (Lipinski definition) is 1. The molecule has 0 saturated heterocycles. The van der Waals surface area contributed by atoms with Crippen molar-refractivity contribution in [3.63, 3.8) is 0 Å². The molecule has 0 unspecified atom stereocenters. The summed E-state index contributed by atoms with van der Waals surface area (Å²) in [6, 6.07) is 4.12. The molecule has 0 atom stereocenters. The molecule has 0 heterocycles. The highest BCUT2D eigenvalue weighted by atomic mass is 35.5. The van der Waals surface area contributed by atoms with Crippen LogP contribution in [-0.2, 0) is 14.9 Å². The van der Waals surface area contributed by atoms with Gasteiger partial charge in [0.25, 0.3) is 10.0 Å². The van der Waals surface area contributed by atoms with E-state index in [9.17, 15) is 8.42 Å². The second-order valence-electron chi connectivity index (χ2n) is 4.19. The van der Waals surface area contributed by atoms with Gasteiger partial charge in [-0.15, -0.1) is 0 Å². The minimum absolute atomic E-state index is 0.0369. The van der Waals surface area contributed by atoms with Crippen LogP contribution >= 0.6 is 23.2 Å². The Morgan fingerprint density at radius 1 is 1.17 bits per heavy atom. The Balaban J connectivity index is 2.07. The van der Waals surface area contributed by atoms with Gasteiger partial charge in [-0.1, -0.05) is 40.9 Å². The highest BCUT2D eigenvalue weighted by Gasteiger charge is 2.21. The first-order valence-corrected chi connectivity index (χ1v) is 7.85. The first-order chi connectivity index (χ1) is 8.49. The maximum atomic E-state index is 11.9. The van der Waals surface area contributed by atoms with Crippen LogP contribution in [0.25, 0.3) is 0 Å². The van der Waals surface area contributed by atoms with E-state index in [2.05, 4.69) is 4.89 Å². The Bertz CT molecular complexity index is 527. The molecule has 1 aromatic carbocycles. The average Bonchev–Trinajstić information content (AvgIpc) is 2.83. The van der Waals surface area contributed by atoms with Gasteiger partial charge in [0.15, 0.2) is 0 Å². The Labute approximate surface area is 116 Å². The fourth-order valence-corrected chi connectivity index (χ4v) is 3.07. The molecule has 2 rings (SSSR count). The van der Waals surface area contributed by atoms with Crippen LogP contribution in [0.1, 0.15) is 25.7 Å². The number of rotatable bonds is 4. The maximum absolute atomic E-state index is 11.9. The fourth-order valence-electron chi connectivity index (χ4n) is 1.83. The molecular formula is C11H13Cl2NO3S. The van der Waals surface area contributed by atoms with Gasteiger partial charge in [-0.05, 0) is 31.0 Å². The summed E-state index contributed by atoms with van der Waals surface area (Å²) in [7, 11) is -3.70. The molecule has 100 valence electrons. The minimum Gasteiger partial charge on any atom is -0.284 e. The number of sulfonamides is 1. The first kappa shape index (κ1) is 14.1. The topological polar surface area (TPSA) is 55.4 Å². The molecule has 0 amide bonds. The lowest BCUT2D eigenvalue weighted by Gasteiger charge is -2.12. The Morgan fingerprint density at radius 2 is 1.83 bits per heavy atom. The van der Waals surface area contributed by atoms with Gasteiger partial charge in [0.05, 0.1) is 21.0 Å². The van der Waals surface area contributed by atoms with Gasteiger partial charge in [0.1, 0.15) is 0 Å². The van der Waals surface area contributed by atoms with Crippen molar-refractivity contribution in [1.82, 2.24) is 4.89 Å². The zero-order chi connectivity index (χ0) is 13.2. The predicted molar refractivity (Wildman–Crippen MR) is 70.1 cm³/mol. The fraction of sp³-hybridized carbons (Fsp3) is 0.455. The second kappa shape index (κ2) is 5.75. The predicted octanol–water partition coefficient (Wildman–Crippen LogP) is 3.15. The van der Waals surface area contributed by atoms with E-state index in [0.717, 1.165) is 25.7 Å². The van der Waals surface area contributed by atoms with Gasteiger partial charge in [0.2, 0.25) is 0 Å². The van der Waals surface area contributed by atoms with Crippen LogP contribution in [0.4, 0.5) is 0 Å². The number of benzene rings is 1. The second-order valence-corrected chi connectivity index (χ2v) is 6.65. The lowest BCUT2D eigenvalue weighted by Crippen LogP contribution is -2.28. The molecule has 1 fully saturated rings. The number of hydrogen-bond acceptors (Lipinski definition) is 3. The summed E-state index contributed by atoms with van der Waals surface area (Å²) >= 11 is 11.5. The lowest BCUT2D eigenvalue weighted by molar-refractivity contribution is 0.0223.